The van der Waals surface area contributed by atoms with Crippen LogP contribution in [0.3, 0.4) is 0 Å². The van der Waals surface area contributed by atoms with Crippen LogP contribution in [-0.2, 0) is 13.5 Å². The fourth-order valence-corrected chi connectivity index (χ4v) is 2.54. The Balaban J connectivity index is 2.09. The molecule has 0 amide bonds. The number of nitrogens with two attached hydrogens (primary N) is 1. The fraction of sp³-hybridized carbons (Fsp3) is 0.533. The monoisotopic (exact) mass is 245 g/mol. The van der Waals surface area contributed by atoms with Gasteiger partial charge in [-0.3, -0.25) is 0 Å². The molecule has 0 aliphatic carbocycles. The molecule has 3 nitrogen and oxygen atoms in total. The molecule has 0 spiro atoms. The minimum absolute atomic E-state index is 0.731. The molecule has 0 aliphatic rings. The Morgan fingerprint density at radius 2 is 2.06 bits per heavy atom. The molecule has 1 unspecified atom stereocenters. The average Bonchev–Trinajstić information content (AvgIpc) is 2.72. The average molecular weight is 245 g/mol. The molecule has 1 heterocycles. The number of hydrogen-bond donors (Lipinski definition) is 1. The van der Waals surface area contributed by atoms with Crippen LogP contribution in [0.4, 0.5) is 0 Å². The molecular weight excluding hydrogens is 222 g/mol. The van der Waals surface area contributed by atoms with E-state index >= 15 is 0 Å². The van der Waals surface area contributed by atoms with E-state index in [9.17, 15) is 0 Å². The Bertz CT molecular complexity index is 501. The highest BCUT2D eigenvalue weighted by Crippen LogP contribution is 2.19. The summed E-state index contributed by atoms with van der Waals surface area (Å²) in [6.45, 7) is 3.04. The maximum atomic E-state index is 5.64. The third-order valence-electron chi connectivity index (χ3n) is 3.81. The minimum Gasteiger partial charge on any atom is -0.331 e. The largest absolute Gasteiger partial charge is 0.331 e. The Labute approximate surface area is 109 Å². The number of hydrogen-bond acceptors (Lipinski definition) is 2. The van der Waals surface area contributed by atoms with Crippen LogP contribution in [-0.4, -0.2) is 16.1 Å². The van der Waals surface area contributed by atoms with Gasteiger partial charge in [0.25, 0.3) is 0 Å². The van der Waals surface area contributed by atoms with Gasteiger partial charge in [0, 0.05) is 13.5 Å². The lowest BCUT2D eigenvalue weighted by Gasteiger charge is -2.12. The van der Waals surface area contributed by atoms with Crippen molar-refractivity contribution in [2.45, 2.75) is 32.6 Å². The van der Waals surface area contributed by atoms with Crippen molar-refractivity contribution in [1.29, 1.82) is 0 Å². The van der Waals surface area contributed by atoms with E-state index in [1.807, 2.05) is 6.07 Å². The Hall–Kier alpha value is -1.35. The van der Waals surface area contributed by atoms with Crippen LogP contribution in [0.5, 0.6) is 0 Å². The molecule has 1 aromatic heterocycles. The van der Waals surface area contributed by atoms with Crippen LogP contribution in [0.25, 0.3) is 11.0 Å². The normalized spacial score (nSPS) is 13.1. The summed E-state index contributed by atoms with van der Waals surface area (Å²) in [6, 6.07) is 8.32. The van der Waals surface area contributed by atoms with Gasteiger partial charge in [-0.05, 0) is 37.4 Å². The van der Waals surface area contributed by atoms with Gasteiger partial charge in [-0.25, -0.2) is 4.98 Å². The minimum atomic E-state index is 0.731. The van der Waals surface area contributed by atoms with Crippen molar-refractivity contribution in [3.05, 3.63) is 30.1 Å². The molecule has 0 saturated carbocycles. The molecule has 0 saturated heterocycles. The number of nitrogens with zero attached hydrogens (tertiary/aromatic N) is 2. The van der Waals surface area contributed by atoms with Gasteiger partial charge in [0.2, 0.25) is 0 Å². The van der Waals surface area contributed by atoms with E-state index in [1.165, 1.54) is 24.2 Å². The summed E-state index contributed by atoms with van der Waals surface area (Å²) in [7, 11) is 2.11. The van der Waals surface area contributed by atoms with Crippen molar-refractivity contribution in [2.75, 3.05) is 6.54 Å². The highest BCUT2D eigenvalue weighted by molar-refractivity contribution is 5.75. The van der Waals surface area contributed by atoms with E-state index < -0.39 is 0 Å². The first-order chi connectivity index (χ1) is 8.76. The second-order valence-corrected chi connectivity index (χ2v) is 4.97. The van der Waals surface area contributed by atoms with Gasteiger partial charge in [0.05, 0.1) is 11.0 Å². The van der Waals surface area contributed by atoms with E-state index in [0.29, 0.717) is 0 Å². The fourth-order valence-electron chi connectivity index (χ4n) is 2.54. The zero-order chi connectivity index (χ0) is 13.0. The molecule has 0 aliphatic heterocycles. The summed E-state index contributed by atoms with van der Waals surface area (Å²) in [5.74, 6) is 1.92. The molecule has 3 heteroatoms. The van der Waals surface area contributed by atoms with Crippen molar-refractivity contribution in [1.82, 2.24) is 9.55 Å². The highest BCUT2D eigenvalue weighted by Gasteiger charge is 2.10. The van der Waals surface area contributed by atoms with Gasteiger partial charge in [-0.2, -0.15) is 0 Å². The molecule has 98 valence electrons. The third kappa shape index (κ3) is 2.72. The Morgan fingerprint density at radius 3 is 2.72 bits per heavy atom. The molecular formula is C15H23N3. The predicted molar refractivity (Wildman–Crippen MR) is 76.5 cm³/mol. The lowest BCUT2D eigenvalue weighted by Crippen LogP contribution is -2.10. The van der Waals surface area contributed by atoms with Crippen molar-refractivity contribution < 1.29 is 0 Å². The summed E-state index contributed by atoms with van der Waals surface area (Å²) in [5.41, 5.74) is 7.96. The van der Waals surface area contributed by atoms with Crippen molar-refractivity contribution in [3.63, 3.8) is 0 Å². The number of para-hydroxylation sites is 2. The maximum Gasteiger partial charge on any atom is 0.109 e. The zero-order valence-corrected chi connectivity index (χ0v) is 11.4. The molecule has 1 atom stereocenters. The third-order valence-corrected chi connectivity index (χ3v) is 3.81. The molecule has 0 fully saturated rings. The second kappa shape index (κ2) is 6.01. The Kier molecular flexibility index (Phi) is 4.37. The van der Waals surface area contributed by atoms with E-state index in [-0.39, 0.29) is 0 Å². The van der Waals surface area contributed by atoms with Crippen LogP contribution in [0.1, 0.15) is 32.0 Å². The van der Waals surface area contributed by atoms with E-state index in [0.717, 1.165) is 30.8 Å². The Morgan fingerprint density at radius 1 is 1.28 bits per heavy atom. The topological polar surface area (TPSA) is 43.8 Å². The highest BCUT2D eigenvalue weighted by atomic mass is 15.1. The molecule has 2 N–H and O–H groups in total. The van der Waals surface area contributed by atoms with E-state index in [1.54, 1.807) is 0 Å². The molecule has 0 radical (unpaired) electrons. The van der Waals surface area contributed by atoms with Crippen molar-refractivity contribution in [2.24, 2.45) is 18.7 Å². The van der Waals surface area contributed by atoms with Crippen LogP contribution >= 0.6 is 0 Å². The molecule has 2 aromatic rings. The van der Waals surface area contributed by atoms with Gasteiger partial charge >= 0.3 is 0 Å². The summed E-state index contributed by atoms with van der Waals surface area (Å²) >= 11 is 0. The van der Waals surface area contributed by atoms with Crippen LogP contribution in [0.15, 0.2) is 24.3 Å². The number of aromatic nitrogens is 2. The van der Waals surface area contributed by atoms with Gasteiger partial charge in [-0.1, -0.05) is 25.5 Å². The summed E-state index contributed by atoms with van der Waals surface area (Å²) in [6.07, 6.45) is 4.57. The molecule has 1 aromatic carbocycles. The van der Waals surface area contributed by atoms with Crippen LogP contribution < -0.4 is 5.73 Å². The van der Waals surface area contributed by atoms with E-state index in [2.05, 4.69) is 36.7 Å². The zero-order valence-electron chi connectivity index (χ0n) is 11.4. The van der Waals surface area contributed by atoms with Gasteiger partial charge in [-0.15, -0.1) is 0 Å². The number of aryl methyl sites for hydroxylation is 2. The van der Waals surface area contributed by atoms with Gasteiger partial charge in [0.1, 0.15) is 5.82 Å². The molecule has 18 heavy (non-hydrogen) atoms. The second-order valence-electron chi connectivity index (χ2n) is 4.97. The standard InChI is InChI=1S/C15H23N3/c1-3-12(10-11-16)8-9-15-17-13-6-4-5-7-14(13)18(15)2/h4-7,12H,3,8-11,16H2,1-2H3. The van der Waals surface area contributed by atoms with Gasteiger partial charge in [0.15, 0.2) is 0 Å². The first-order valence-electron chi connectivity index (χ1n) is 6.86. The predicted octanol–water partition coefficient (Wildman–Crippen LogP) is 2.88. The lowest BCUT2D eigenvalue weighted by atomic mass is 9.96. The maximum absolute atomic E-state index is 5.64. The quantitative estimate of drug-likeness (QED) is 0.850. The summed E-state index contributed by atoms with van der Waals surface area (Å²) in [5, 5.41) is 0. The first kappa shape index (κ1) is 13.1. The van der Waals surface area contributed by atoms with Crippen LogP contribution in [0.2, 0.25) is 0 Å². The van der Waals surface area contributed by atoms with Crippen molar-refractivity contribution in [3.8, 4) is 0 Å². The molecule has 0 bridgehead atoms. The summed E-state index contributed by atoms with van der Waals surface area (Å²) < 4.78 is 2.21. The van der Waals surface area contributed by atoms with Gasteiger partial charge < -0.3 is 10.3 Å². The van der Waals surface area contributed by atoms with E-state index in [4.69, 9.17) is 10.7 Å². The SMILES string of the molecule is CCC(CCN)CCc1nc2ccccc2n1C. The number of imidazole rings is 1. The number of rotatable bonds is 6. The molecule has 2 rings (SSSR count). The summed E-state index contributed by atoms with van der Waals surface area (Å²) in [4.78, 5) is 4.71. The number of fused-ring (bicyclic) bond motifs is 1. The number of benzene rings is 1. The first-order valence-corrected chi connectivity index (χ1v) is 6.86. The van der Waals surface area contributed by atoms with Crippen molar-refractivity contribution >= 4 is 11.0 Å². The van der Waals surface area contributed by atoms with Crippen LogP contribution in [0, 0.1) is 5.92 Å². The smallest absolute Gasteiger partial charge is 0.109 e. The lowest BCUT2D eigenvalue weighted by molar-refractivity contribution is 0.437.